The van der Waals surface area contributed by atoms with Crippen molar-refractivity contribution in [1.82, 2.24) is 0 Å². The van der Waals surface area contributed by atoms with E-state index in [1.165, 1.54) is 12.8 Å². The lowest BCUT2D eigenvalue weighted by Crippen LogP contribution is -2.33. The third-order valence-corrected chi connectivity index (χ3v) is 3.07. The van der Waals surface area contributed by atoms with Crippen molar-refractivity contribution in [3.8, 4) is 6.07 Å². The van der Waals surface area contributed by atoms with Gasteiger partial charge in [0.1, 0.15) is 6.07 Å². The molecule has 0 atom stereocenters. The van der Waals surface area contributed by atoms with Crippen molar-refractivity contribution >= 4 is 17.3 Å². The van der Waals surface area contributed by atoms with Gasteiger partial charge in [-0.05, 0) is 37.0 Å². The summed E-state index contributed by atoms with van der Waals surface area (Å²) in [5, 5.41) is 12.9. The van der Waals surface area contributed by atoms with Crippen molar-refractivity contribution in [3.63, 3.8) is 0 Å². The van der Waals surface area contributed by atoms with E-state index in [0.29, 0.717) is 16.6 Å². The van der Waals surface area contributed by atoms with Gasteiger partial charge in [0.15, 0.2) is 0 Å². The average molecular weight is 221 g/mol. The zero-order chi connectivity index (χ0) is 10.8. The van der Waals surface area contributed by atoms with Gasteiger partial charge in [0.2, 0.25) is 0 Å². The first-order chi connectivity index (χ1) is 7.19. The van der Waals surface area contributed by atoms with E-state index in [0.717, 1.165) is 11.6 Å². The lowest BCUT2D eigenvalue weighted by atomic mass is 9.81. The highest BCUT2D eigenvalue weighted by Crippen LogP contribution is 2.31. The average Bonchev–Trinajstić information content (AvgIpc) is 2.18. The predicted octanol–water partition coefficient (Wildman–Crippen LogP) is 3.42. The SMILES string of the molecule is CC1CC(Nc2ccc(Cl)cc2C#N)C1. The van der Waals surface area contributed by atoms with Gasteiger partial charge in [0, 0.05) is 11.1 Å². The van der Waals surface area contributed by atoms with E-state index >= 15 is 0 Å². The molecule has 0 radical (unpaired) electrons. The third-order valence-electron chi connectivity index (χ3n) is 2.84. The van der Waals surface area contributed by atoms with Gasteiger partial charge < -0.3 is 5.32 Å². The summed E-state index contributed by atoms with van der Waals surface area (Å²) in [6, 6.07) is 8.07. The Morgan fingerprint density at radius 2 is 2.20 bits per heavy atom. The Bertz CT molecular complexity index is 403. The largest absolute Gasteiger partial charge is 0.381 e. The predicted molar refractivity (Wildman–Crippen MR) is 62.0 cm³/mol. The number of nitrogens with one attached hydrogen (secondary N) is 1. The molecule has 3 heteroatoms. The van der Waals surface area contributed by atoms with E-state index in [1.807, 2.05) is 12.1 Å². The molecular formula is C12H13ClN2. The number of anilines is 1. The molecule has 78 valence electrons. The highest BCUT2D eigenvalue weighted by Gasteiger charge is 2.25. The minimum Gasteiger partial charge on any atom is -0.381 e. The summed E-state index contributed by atoms with van der Waals surface area (Å²) in [6.45, 7) is 2.24. The van der Waals surface area contributed by atoms with E-state index in [2.05, 4.69) is 18.3 Å². The van der Waals surface area contributed by atoms with Crippen LogP contribution in [0.2, 0.25) is 5.02 Å². The Kier molecular flexibility index (Phi) is 2.83. The molecule has 1 aliphatic rings. The van der Waals surface area contributed by atoms with E-state index in [9.17, 15) is 0 Å². The molecule has 0 spiro atoms. The molecule has 0 aromatic heterocycles. The zero-order valence-corrected chi connectivity index (χ0v) is 9.38. The number of rotatable bonds is 2. The summed E-state index contributed by atoms with van der Waals surface area (Å²) in [5.74, 6) is 0.806. The fraction of sp³-hybridized carbons (Fsp3) is 0.417. The van der Waals surface area contributed by atoms with E-state index in [1.54, 1.807) is 6.07 Å². The van der Waals surface area contributed by atoms with Crippen LogP contribution in [-0.2, 0) is 0 Å². The Labute approximate surface area is 94.9 Å². The molecule has 0 aliphatic heterocycles. The Balaban J connectivity index is 2.11. The maximum absolute atomic E-state index is 8.95. The van der Waals surface area contributed by atoms with Gasteiger partial charge in [-0.1, -0.05) is 18.5 Å². The van der Waals surface area contributed by atoms with Gasteiger partial charge in [-0.3, -0.25) is 0 Å². The Morgan fingerprint density at radius 3 is 2.80 bits per heavy atom. The molecule has 1 aromatic rings. The van der Waals surface area contributed by atoms with Crippen LogP contribution < -0.4 is 5.32 Å². The third kappa shape index (κ3) is 2.24. The summed E-state index contributed by atoms with van der Waals surface area (Å²) in [7, 11) is 0. The van der Waals surface area contributed by atoms with Gasteiger partial charge >= 0.3 is 0 Å². The van der Waals surface area contributed by atoms with Crippen LogP contribution in [0, 0.1) is 17.2 Å². The minimum atomic E-state index is 0.522. The Morgan fingerprint density at radius 1 is 1.47 bits per heavy atom. The van der Waals surface area contributed by atoms with Gasteiger partial charge in [0.05, 0.1) is 11.3 Å². The van der Waals surface area contributed by atoms with Gasteiger partial charge in [-0.25, -0.2) is 0 Å². The molecule has 0 unspecified atom stereocenters. The zero-order valence-electron chi connectivity index (χ0n) is 8.63. The molecular weight excluding hydrogens is 208 g/mol. The maximum Gasteiger partial charge on any atom is 0.101 e. The van der Waals surface area contributed by atoms with Crippen molar-refractivity contribution in [2.24, 2.45) is 5.92 Å². The maximum atomic E-state index is 8.95. The summed E-state index contributed by atoms with van der Waals surface area (Å²) < 4.78 is 0. The highest BCUT2D eigenvalue weighted by atomic mass is 35.5. The number of hydrogen-bond donors (Lipinski definition) is 1. The summed E-state index contributed by atoms with van der Waals surface area (Å²) in [5.41, 5.74) is 1.53. The number of nitriles is 1. The Hall–Kier alpha value is -1.20. The van der Waals surface area contributed by atoms with Crippen LogP contribution in [-0.4, -0.2) is 6.04 Å². The van der Waals surface area contributed by atoms with Crippen molar-refractivity contribution in [2.75, 3.05) is 5.32 Å². The molecule has 1 aliphatic carbocycles. The first kappa shape index (κ1) is 10.3. The van der Waals surface area contributed by atoms with E-state index < -0.39 is 0 Å². The normalized spacial score (nSPS) is 24.1. The second kappa shape index (κ2) is 4.12. The molecule has 1 saturated carbocycles. The molecule has 2 rings (SSSR count). The lowest BCUT2D eigenvalue weighted by Gasteiger charge is -2.34. The molecule has 0 amide bonds. The molecule has 1 aromatic carbocycles. The van der Waals surface area contributed by atoms with Crippen LogP contribution >= 0.6 is 11.6 Å². The quantitative estimate of drug-likeness (QED) is 0.829. The first-order valence-corrected chi connectivity index (χ1v) is 5.53. The number of benzene rings is 1. The second-order valence-corrected chi connectivity index (χ2v) is 4.66. The summed E-state index contributed by atoms with van der Waals surface area (Å²) >= 11 is 5.82. The minimum absolute atomic E-state index is 0.522. The highest BCUT2D eigenvalue weighted by molar-refractivity contribution is 6.30. The standard InChI is InChI=1S/C12H13ClN2/c1-8-4-11(5-8)15-12-3-2-10(13)6-9(12)7-14/h2-3,6,8,11,15H,4-5H2,1H3. The monoisotopic (exact) mass is 220 g/mol. The van der Waals surface area contributed by atoms with Crippen LogP contribution in [0.4, 0.5) is 5.69 Å². The number of hydrogen-bond acceptors (Lipinski definition) is 2. The van der Waals surface area contributed by atoms with Gasteiger partial charge in [0.25, 0.3) is 0 Å². The smallest absolute Gasteiger partial charge is 0.101 e. The van der Waals surface area contributed by atoms with Gasteiger partial charge in [-0.15, -0.1) is 0 Å². The number of nitrogens with zero attached hydrogens (tertiary/aromatic N) is 1. The van der Waals surface area contributed by atoms with E-state index in [4.69, 9.17) is 16.9 Å². The molecule has 0 bridgehead atoms. The molecule has 2 nitrogen and oxygen atoms in total. The molecule has 0 heterocycles. The molecule has 1 N–H and O–H groups in total. The van der Waals surface area contributed by atoms with Crippen LogP contribution in [0.25, 0.3) is 0 Å². The summed E-state index contributed by atoms with van der Waals surface area (Å²) in [6.07, 6.45) is 2.38. The lowest BCUT2D eigenvalue weighted by molar-refractivity contribution is 0.309. The molecule has 15 heavy (non-hydrogen) atoms. The van der Waals surface area contributed by atoms with Crippen molar-refractivity contribution in [2.45, 2.75) is 25.8 Å². The topological polar surface area (TPSA) is 35.8 Å². The van der Waals surface area contributed by atoms with Crippen LogP contribution in [0.1, 0.15) is 25.3 Å². The van der Waals surface area contributed by atoms with Crippen molar-refractivity contribution in [1.29, 1.82) is 5.26 Å². The fourth-order valence-electron chi connectivity index (χ4n) is 1.97. The van der Waals surface area contributed by atoms with Crippen LogP contribution in [0.5, 0.6) is 0 Å². The van der Waals surface area contributed by atoms with E-state index in [-0.39, 0.29) is 0 Å². The first-order valence-electron chi connectivity index (χ1n) is 5.15. The van der Waals surface area contributed by atoms with Crippen molar-refractivity contribution in [3.05, 3.63) is 28.8 Å². The van der Waals surface area contributed by atoms with Crippen molar-refractivity contribution < 1.29 is 0 Å². The second-order valence-electron chi connectivity index (χ2n) is 4.22. The summed E-state index contributed by atoms with van der Waals surface area (Å²) in [4.78, 5) is 0. The van der Waals surface area contributed by atoms with Gasteiger partial charge in [-0.2, -0.15) is 5.26 Å². The fourth-order valence-corrected chi connectivity index (χ4v) is 2.15. The number of halogens is 1. The van der Waals surface area contributed by atoms with Crippen LogP contribution in [0.15, 0.2) is 18.2 Å². The molecule has 0 saturated heterocycles. The molecule has 1 fully saturated rings. The van der Waals surface area contributed by atoms with Crippen LogP contribution in [0.3, 0.4) is 0 Å².